The standard InChI is InChI=1S/C50H57N5O9/c56-43-15-13-40(41-14-16-45(58)52-47(41)43)44(57)28-51-27-34-19-23-54(24-20-34)48(60)37-30-55(31-37)46(59)32-64-39-11-6-10-38(26-39)50(63,49(61)62)42-12-5-4-9-36(42)25-33-17-21-53(22-18-33)29-35-7-2-1-3-8-35/h1-16,26,33-34,37,44,51,56-57,63H,17-25,27-32H2,(H,52,58)(H,61,62)/t44-,50-/m0/s1. The number of aliphatic hydroxyl groups excluding tert-OH is 1. The maximum atomic E-state index is 13.4. The number of aromatic amines is 1. The summed E-state index contributed by atoms with van der Waals surface area (Å²) in [6.45, 7) is 5.24. The van der Waals surface area contributed by atoms with Crippen LogP contribution in [0.3, 0.4) is 0 Å². The third kappa shape index (κ3) is 10.0. The smallest absolute Gasteiger partial charge is 0.345 e. The number of aromatic hydroxyl groups is 1. The molecule has 0 unspecified atom stereocenters. The number of piperidine rings is 2. The second-order valence-corrected chi connectivity index (χ2v) is 17.6. The summed E-state index contributed by atoms with van der Waals surface area (Å²) >= 11 is 0. The van der Waals surface area contributed by atoms with Gasteiger partial charge >= 0.3 is 5.97 Å². The van der Waals surface area contributed by atoms with Crippen molar-refractivity contribution in [3.63, 3.8) is 0 Å². The number of hydrogen-bond donors (Lipinski definition) is 6. The first-order valence-corrected chi connectivity index (χ1v) is 22.3. The van der Waals surface area contributed by atoms with Gasteiger partial charge < -0.3 is 45.3 Å². The number of aliphatic hydroxyl groups is 2. The summed E-state index contributed by atoms with van der Waals surface area (Å²) < 4.78 is 5.86. The second kappa shape index (κ2) is 19.8. The lowest BCUT2D eigenvalue weighted by atomic mass is 9.80. The number of H-pyrrole nitrogens is 1. The fourth-order valence-corrected chi connectivity index (χ4v) is 9.53. The normalized spacial score (nSPS) is 18.0. The van der Waals surface area contributed by atoms with Crippen molar-refractivity contribution in [2.24, 2.45) is 17.8 Å². The fourth-order valence-electron chi connectivity index (χ4n) is 9.53. The van der Waals surface area contributed by atoms with Crippen molar-refractivity contribution < 1.29 is 39.5 Å². The van der Waals surface area contributed by atoms with Crippen LogP contribution in [0.5, 0.6) is 11.5 Å². The first-order valence-electron chi connectivity index (χ1n) is 22.3. The molecule has 4 heterocycles. The van der Waals surface area contributed by atoms with Gasteiger partial charge in [-0.1, -0.05) is 72.8 Å². The Morgan fingerprint density at radius 1 is 0.828 bits per heavy atom. The first kappa shape index (κ1) is 44.5. The number of aliphatic carboxylic acids is 1. The first-order chi connectivity index (χ1) is 31.0. The maximum Gasteiger partial charge on any atom is 0.345 e. The van der Waals surface area contributed by atoms with Crippen LogP contribution in [0.25, 0.3) is 10.9 Å². The second-order valence-electron chi connectivity index (χ2n) is 17.6. The Bertz CT molecular complexity index is 2490. The van der Waals surface area contributed by atoms with Crippen LogP contribution in [0, 0.1) is 17.8 Å². The monoisotopic (exact) mass is 871 g/mol. The van der Waals surface area contributed by atoms with Gasteiger partial charge in [-0.15, -0.1) is 0 Å². The van der Waals surface area contributed by atoms with Crippen molar-refractivity contribution in [2.45, 2.75) is 50.4 Å². The van der Waals surface area contributed by atoms with Crippen LogP contribution in [0.15, 0.2) is 108 Å². The van der Waals surface area contributed by atoms with Crippen molar-refractivity contribution in [1.82, 2.24) is 25.0 Å². The van der Waals surface area contributed by atoms with Gasteiger partial charge in [0.05, 0.1) is 17.5 Å². The van der Waals surface area contributed by atoms with E-state index in [0.717, 1.165) is 50.9 Å². The number of pyridine rings is 1. The molecule has 2 amide bonds. The quantitative estimate of drug-likeness (QED) is 0.0823. The number of phenolic OH excluding ortho intramolecular Hbond substituents is 1. The molecule has 0 radical (unpaired) electrons. The van der Waals surface area contributed by atoms with Gasteiger partial charge in [0.15, 0.2) is 6.61 Å². The van der Waals surface area contributed by atoms with Gasteiger partial charge in [-0.25, -0.2) is 4.79 Å². The van der Waals surface area contributed by atoms with E-state index >= 15 is 0 Å². The highest BCUT2D eigenvalue weighted by molar-refractivity contribution is 5.88. The molecule has 0 spiro atoms. The number of rotatable bonds is 16. The number of carbonyl (C=O) groups excluding carboxylic acids is 2. The van der Waals surface area contributed by atoms with E-state index in [1.165, 1.54) is 23.8 Å². The van der Waals surface area contributed by atoms with Crippen molar-refractivity contribution in [1.29, 1.82) is 0 Å². The van der Waals surface area contributed by atoms with Gasteiger partial charge in [0, 0.05) is 61.8 Å². The summed E-state index contributed by atoms with van der Waals surface area (Å²) in [6.07, 6.45) is 3.34. The van der Waals surface area contributed by atoms with Crippen molar-refractivity contribution in [3.05, 3.63) is 141 Å². The Balaban J connectivity index is 0.782. The number of likely N-dealkylation sites (tertiary alicyclic amines) is 3. The van der Waals surface area contributed by atoms with Gasteiger partial charge in [-0.3, -0.25) is 19.3 Å². The summed E-state index contributed by atoms with van der Waals surface area (Å²) in [6, 6.07) is 29.9. The molecule has 0 saturated carbocycles. The molecule has 0 bridgehead atoms. The third-order valence-electron chi connectivity index (χ3n) is 13.3. The molecule has 4 aromatic carbocycles. The summed E-state index contributed by atoms with van der Waals surface area (Å²) in [5.41, 5.74) is 0.720. The molecule has 336 valence electrons. The molecule has 6 N–H and O–H groups in total. The number of amides is 2. The van der Waals surface area contributed by atoms with Crippen LogP contribution in [-0.2, 0) is 33.0 Å². The number of nitrogens with one attached hydrogen (secondary N) is 2. The summed E-state index contributed by atoms with van der Waals surface area (Å²) in [5, 5.41) is 47.5. The largest absolute Gasteiger partial charge is 0.506 e. The van der Waals surface area contributed by atoms with Crippen molar-refractivity contribution in [2.75, 3.05) is 59.0 Å². The minimum atomic E-state index is -2.35. The Kier molecular flexibility index (Phi) is 13.8. The van der Waals surface area contributed by atoms with Crippen LogP contribution >= 0.6 is 0 Å². The number of carboxylic acid groups (broad SMARTS) is 1. The van der Waals surface area contributed by atoms with E-state index in [2.05, 4.69) is 39.5 Å². The molecule has 2 atom stereocenters. The molecule has 3 aliphatic rings. The predicted molar refractivity (Wildman–Crippen MR) is 241 cm³/mol. The van der Waals surface area contributed by atoms with Crippen LogP contribution < -0.4 is 15.6 Å². The molecule has 3 fully saturated rings. The summed E-state index contributed by atoms with van der Waals surface area (Å²) in [4.78, 5) is 59.7. The number of nitrogens with zero attached hydrogens (tertiary/aromatic N) is 3. The topological polar surface area (TPSA) is 196 Å². The van der Waals surface area contributed by atoms with Gasteiger partial charge in [-0.2, -0.15) is 0 Å². The van der Waals surface area contributed by atoms with E-state index in [1.807, 2.05) is 23.1 Å². The zero-order valence-corrected chi connectivity index (χ0v) is 35.9. The Hall–Kier alpha value is -6.06. The SMILES string of the molecule is O=C(COc1cccc([C@@](O)(C(=O)O)c2ccccc2CC2CCN(Cc3ccccc3)CC2)c1)N1CC(C(=O)N2CCC(CNC[C@H](O)c3ccc(O)c4[nH]c(=O)ccc34)CC2)C1. The highest BCUT2D eigenvalue weighted by Crippen LogP contribution is 2.37. The molecule has 8 rings (SSSR count). The number of fused-ring (bicyclic) bond motifs is 1. The average Bonchev–Trinajstić information content (AvgIpc) is 3.29. The molecule has 3 aliphatic heterocycles. The molecular weight excluding hydrogens is 815 g/mol. The Morgan fingerprint density at radius 3 is 2.30 bits per heavy atom. The highest BCUT2D eigenvalue weighted by atomic mass is 16.5. The van der Waals surface area contributed by atoms with Gasteiger partial charge in [0.2, 0.25) is 17.1 Å². The number of carbonyl (C=O) groups is 3. The minimum Gasteiger partial charge on any atom is -0.506 e. The van der Waals surface area contributed by atoms with Crippen LogP contribution in [-0.4, -0.2) is 117 Å². The summed E-state index contributed by atoms with van der Waals surface area (Å²) in [5.74, 6) is -1.11. The molecule has 64 heavy (non-hydrogen) atoms. The van der Waals surface area contributed by atoms with Crippen LogP contribution in [0.1, 0.15) is 59.6 Å². The third-order valence-corrected chi connectivity index (χ3v) is 13.3. The lowest BCUT2D eigenvalue weighted by Gasteiger charge is -2.42. The highest BCUT2D eigenvalue weighted by Gasteiger charge is 2.43. The van der Waals surface area contributed by atoms with E-state index in [9.17, 15) is 39.6 Å². The van der Waals surface area contributed by atoms with Crippen LogP contribution in [0.2, 0.25) is 0 Å². The molecule has 3 saturated heterocycles. The van der Waals surface area contributed by atoms with E-state index < -0.39 is 17.7 Å². The van der Waals surface area contributed by atoms with Gasteiger partial charge in [0.25, 0.3) is 5.91 Å². The fraction of sp³-hybridized carbons (Fsp3) is 0.400. The van der Waals surface area contributed by atoms with E-state index in [1.54, 1.807) is 47.4 Å². The number of hydrogen-bond acceptors (Lipinski definition) is 10. The number of carboxylic acids is 1. The molecular formula is C50H57N5O9. The number of phenols is 1. The van der Waals surface area contributed by atoms with E-state index in [0.29, 0.717) is 67.5 Å². The van der Waals surface area contributed by atoms with Crippen molar-refractivity contribution in [3.8, 4) is 11.5 Å². The van der Waals surface area contributed by atoms with E-state index in [-0.39, 0.29) is 59.0 Å². The predicted octanol–water partition coefficient (Wildman–Crippen LogP) is 4.41. The zero-order valence-electron chi connectivity index (χ0n) is 35.9. The lowest BCUT2D eigenvalue weighted by molar-refractivity contribution is -0.155. The molecule has 14 heteroatoms. The molecule has 14 nitrogen and oxygen atoms in total. The number of ether oxygens (including phenoxy) is 1. The zero-order chi connectivity index (χ0) is 44.8. The molecule has 0 aliphatic carbocycles. The number of benzene rings is 4. The van der Waals surface area contributed by atoms with Crippen molar-refractivity contribution >= 4 is 28.7 Å². The minimum absolute atomic E-state index is 0.0264. The Morgan fingerprint density at radius 2 is 1.55 bits per heavy atom. The average molecular weight is 872 g/mol. The van der Waals surface area contributed by atoms with Gasteiger partial charge in [-0.05, 0) is 105 Å². The van der Waals surface area contributed by atoms with Gasteiger partial charge in [0.1, 0.15) is 11.5 Å². The van der Waals surface area contributed by atoms with Crippen LogP contribution in [0.4, 0.5) is 0 Å². The summed E-state index contributed by atoms with van der Waals surface area (Å²) in [7, 11) is 0. The molecule has 5 aromatic rings. The number of aromatic nitrogens is 1. The molecule has 1 aromatic heterocycles. The van der Waals surface area contributed by atoms with E-state index in [4.69, 9.17) is 4.74 Å². The lowest BCUT2D eigenvalue weighted by Crippen LogP contribution is -2.58. The maximum absolute atomic E-state index is 13.4. The Labute approximate surface area is 372 Å².